The zero-order valence-electron chi connectivity index (χ0n) is 13.3. The van der Waals surface area contributed by atoms with E-state index in [0.717, 1.165) is 0 Å². The summed E-state index contributed by atoms with van der Waals surface area (Å²) in [6.45, 7) is 11.4. The molecule has 0 aliphatic heterocycles. The van der Waals surface area contributed by atoms with Crippen molar-refractivity contribution in [2.24, 2.45) is 11.3 Å². The Hall–Kier alpha value is -1.42. The van der Waals surface area contributed by atoms with Gasteiger partial charge in [0, 0.05) is 17.2 Å². The maximum atomic E-state index is 12.1. The molecule has 1 atom stereocenters. The fourth-order valence-electron chi connectivity index (χ4n) is 2.18. The number of anilines is 1. The van der Waals surface area contributed by atoms with E-state index < -0.39 is 11.0 Å². The monoisotopic (exact) mass is 278 g/mol. The van der Waals surface area contributed by atoms with Crippen LogP contribution in [0.4, 0.5) is 5.69 Å². The maximum absolute atomic E-state index is 12.1. The Morgan fingerprint density at radius 1 is 1.35 bits per heavy atom. The van der Waals surface area contributed by atoms with Crippen LogP contribution in [0.3, 0.4) is 0 Å². The second-order valence-corrected chi connectivity index (χ2v) is 7.00. The summed E-state index contributed by atoms with van der Waals surface area (Å²) in [4.78, 5) is 16.2. The van der Waals surface area contributed by atoms with Gasteiger partial charge in [0.05, 0.1) is 17.5 Å². The number of rotatable bonds is 4. The van der Waals surface area contributed by atoms with Crippen molar-refractivity contribution >= 4 is 11.6 Å². The van der Waals surface area contributed by atoms with Crippen LogP contribution in [0, 0.1) is 11.3 Å². The van der Waals surface area contributed by atoms with Crippen molar-refractivity contribution in [2.45, 2.75) is 53.6 Å². The van der Waals surface area contributed by atoms with Gasteiger partial charge < -0.3 is 10.4 Å². The SMILES string of the molecule is CC(C)CC(C)(O)c1ccncc1NC(=O)C(C)(C)C. The molecule has 4 heteroatoms. The molecule has 112 valence electrons. The average molecular weight is 278 g/mol. The fourth-order valence-corrected chi connectivity index (χ4v) is 2.18. The molecule has 0 aliphatic carbocycles. The first kappa shape index (κ1) is 16.6. The molecule has 0 aromatic carbocycles. The van der Waals surface area contributed by atoms with E-state index in [0.29, 0.717) is 23.6 Å². The van der Waals surface area contributed by atoms with Gasteiger partial charge in [-0.1, -0.05) is 34.6 Å². The van der Waals surface area contributed by atoms with E-state index in [9.17, 15) is 9.90 Å². The van der Waals surface area contributed by atoms with Crippen molar-refractivity contribution < 1.29 is 9.90 Å². The van der Waals surface area contributed by atoms with Crippen molar-refractivity contribution in [1.29, 1.82) is 0 Å². The summed E-state index contributed by atoms with van der Waals surface area (Å²) >= 11 is 0. The zero-order chi connectivity index (χ0) is 15.6. The number of carbonyl (C=O) groups excluding carboxylic acids is 1. The van der Waals surface area contributed by atoms with E-state index in [-0.39, 0.29) is 5.91 Å². The van der Waals surface area contributed by atoms with Crippen LogP contribution >= 0.6 is 0 Å². The number of aromatic nitrogens is 1. The second-order valence-electron chi connectivity index (χ2n) is 7.00. The van der Waals surface area contributed by atoms with E-state index in [4.69, 9.17) is 0 Å². The second kappa shape index (κ2) is 5.92. The Morgan fingerprint density at radius 2 is 1.95 bits per heavy atom. The van der Waals surface area contributed by atoms with Crippen LogP contribution in [-0.4, -0.2) is 16.0 Å². The third kappa shape index (κ3) is 4.30. The van der Waals surface area contributed by atoms with Crippen LogP contribution in [0.2, 0.25) is 0 Å². The predicted molar refractivity (Wildman–Crippen MR) is 81.3 cm³/mol. The van der Waals surface area contributed by atoms with Crippen LogP contribution in [0.1, 0.15) is 53.5 Å². The highest BCUT2D eigenvalue weighted by Crippen LogP contribution is 2.33. The molecule has 1 heterocycles. The Kier molecular flexibility index (Phi) is 4.92. The molecular formula is C16H26N2O2. The molecule has 1 aromatic rings. The van der Waals surface area contributed by atoms with E-state index in [1.807, 2.05) is 20.8 Å². The maximum Gasteiger partial charge on any atom is 0.229 e. The van der Waals surface area contributed by atoms with Gasteiger partial charge in [0.1, 0.15) is 0 Å². The third-order valence-corrected chi connectivity index (χ3v) is 3.14. The normalized spacial score (nSPS) is 15.0. The largest absolute Gasteiger partial charge is 0.385 e. The van der Waals surface area contributed by atoms with Gasteiger partial charge in [0.2, 0.25) is 5.91 Å². The van der Waals surface area contributed by atoms with E-state index >= 15 is 0 Å². The van der Waals surface area contributed by atoms with E-state index in [1.54, 1.807) is 25.4 Å². The Morgan fingerprint density at radius 3 is 2.45 bits per heavy atom. The Bertz CT molecular complexity index is 474. The molecular weight excluding hydrogens is 252 g/mol. The number of nitrogens with zero attached hydrogens (tertiary/aromatic N) is 1. The van der Waals surface area contributed by atoms with Crippen LogP contribution in [0.25, 0.3) is 0 Å². The molecule has 0 fully saturated rings. The highest BCUT2D eigenvalue weighted by Gasteiger charge is 2.29. The van der Waals surface area contributed by atoms with Crippen LogP contribution in [0.15, 0.2) is 18.5 Å². The van der Waals surface area contributed by atoms with Crippen molar-refractivity contribution in [2.75, 3.05) is 5.32 Å². The summed E-state index contributed by atoms with van der Waals surface area (Å²) in [5.41, 5.74) is -0.189. The highest BCUT2D eigenvalue weighted by atomic mass is 16.3. The number of pyridine rings is 1. The number of aliphatic hydroxyl groups is 1. The van der Waals surface area contributed by atoms with Crippen molar-refractivity contribution in [3.8, 4) is 0 Å². The van der Waals surface area contributed by atoms with Crippen molar-refractivity contribution in [3.63, 3.8) is 0 Å². The number of carbonyl (C=O) groups is 1. The topological polar surface area (TPSA) is 62.2 Å². The van der Waals surface area contributed by atoms with Gasteiger partial charge in [-0.3, -0.25) is 9.78 Å². The lowest BCUT2D eigenvalue weighted by Gasteiger charge is -2.29. The van der Waals surface area contributed by atoms with Gasteiger partial charge in [-0.05, 0) is 25.3 Å². The predicted octanol–water partition coefficient (Wildman–Crippen LogP) is 3.32. The molecule has 0 saturated heterocycles. The van der Waals surface area contributed by atoms with E-state index in [2.05, 4.69) is 24.1 Å². The van der Waals surface area contributed by atoms with Gasteiger partial charge in [0.25, 0.3) is 0 Å². The number of amides is 1. The first-order chi connectivity index (χ1) is 9.04. The molecule has 1 amide bonds. The summed E-state index contributed by atoms with van der Waals surface area (Å²) in [6, 6.07) is 1.76. The smallest absolute Gasteiger partial charge is 0.229 e. The van der Waals surface area contributed by atoms with Gasteiger partial charge in [-0.25, -0.2) is 0 Å². The van der Waals surface area contributed by atoms with Crippen molar-refractivity contribution in [1.82, 2.24) is 4.98 Å². The molecule has 1 unspecified atom stereocenters. The quantitative estimate of drug-likeness (QED) is 0.888. The van der Waals surface area contributed by atoms with Crippen LogP contribution in [0.5, 0.6) is 0 Å². The molecule has 1 rings (SSSR count). The number of nitrogens with one attached hydrogen (secondary N) is 1. The van der Waals surface area contributed by atoms with Crippen molar-refractivity contribution in [3.05, 3.63) is 24.0 Å². The molecule has 2 N–H and O–H groups in total. The highest BCUT2D eigenvalue weighted by molar-refractivity contribution is 5.95. The summed E-state index contributed by atoms with van der Waals surface area (Å²) in [5.74, 6) is 0.261. The lowest BCUT2D eigenvalue weighted by Crippen LogP contribution is -2.31. The van der Waals surface area contributed by atoms with Crippen LogP contribution in [-0.2, 0) is 10.4 Å². The fraction of sp³-hybridized carbons (Fsp3) is 0.625. The minimum absolute atomic E-state index is 0.0907. The molecule has 4 nitrogen and oxygen atoms in total. The Labute approximate surface area is 121 Å². The minimum Gasteiger partial charge on any atom is -0.385 e. The molecule has 1 aromatic heterocycles. The molecule has 0 spiro atoms. The minimum atomic E-state index is -0.988. The third-order valence-electron chi connectivity index (χ3n) is 3.14. The first-order valence-electron chi connectivity index (χ1n) is 7.02. The average Bonchev–Trinajstić information content (AvgIpc) is 2.26. The standard InChI is InChI=1S/C16H26N2O2/c1-11(2)9-16(6,20)12-7-8-17-10-13(12)18-14(19)15(3,4)5/h7-8,10-11,20H,9H2,1-6H3,(H,18,19). The van der Waals surface area contributed by atoms with Crippen LogP contribution < -0.4 is 5.32 Å². The van der Waals surface area contributed by atoms with Gasteiger partial charge in [0.15, 0.2) is 0 Å². The molecule has 0 saturated carbocycles. The van der Waals surface area contributed by atoms with E-state index in [1.165, 1.54) is 0 Å². The summed E-state index contributed by atoms with van der Waals surface area (Å²) in [6.07, 6.45) is 3.85. The molecule has 0 radical (unpaired) electrons. The zero-order valence-corrected chi connectivity index (χ0v) is 13.3. The first-order valence-corrected chi connectivity index (χ1v) is 7.02. The number of hydrogen-bond acceptors (Lipinski definition) is 3. The summed E-state index contributed by atoms with van der Waals surface area (Å²) < 4.78 is 0. The molecule has 0 bridgehead atoms. The van der Waals surface area contributed by atoms with Gasteiger partial charge in [-0.2, -0.15) is 0 Å². The summed E-state index contributed by atoms with van der Waals surface area (Å²) in [5, 5.41) is 13.5. The Balaban J connectivity index is 3.08. The lowest BCUT2D eigenvalue weighted by atomic mass is 9.86. The molecule has 20 heavy (non-hydrogen) atoms. The summed E-state index contributed by atoms with van der Waals surface area (Å²) in [7, 11) is 0. The van der Waals surface area contributed by atoms with Gasteiger partial charge in [-0.15, -0.1) is 0 Å². The molecule has 0 aliphatic rings. The van der Waals surface area contributed by atoms with Gasteiger partial charge >= 0.3 is 0 Å². The number of hydrogen-bond donors (Lipinski definition) is 2. The lowest BCUT2D eigenvalue weighted by molar-refractivity contribution is -0.123.